The van der Waals surface area contributed by atoms with Crippen molar-refractivity contribution in [1.82, 2.24) is 9.13 Å². The van der Waals surface area contributed by atoms with E-state index in [0.717, 1.165) is 110 Å². The Morgan fingerprint density at radius 2 is 0.574 bits per heavy atom. The molecule has 0 fully saturated rings. The summed E-state index contributed by atoms with van der Waals surface area (Å²) in [7, 11) is 0. The third kappa shape index (κ3) is 10.2. The quantitative estimate of drug-likeness (QED) is 0.121. The highest BCUT2D eigenvalue weighted by Crippen LogP contribution is 2.58. The summed E-state index contributed by atoms with van der Waals surface area (Å²) in [6.45, 7) is -0.924. The first-order valence-corrected chi connectivity index (χ1v) is 40.6. The van der Waals surface area contributed by atoms with Crippen molar-refractivity contribution in [2.75, 3.05) is 9.80 Å². The Hall–Kier alpha value is -16.2. The molecule has 0 N–H and O–H groups in total. The van der Waals surface area contributed by atoms with Crippen LogP contribution in [0.2, 0.25) is 0 Å². The second-order valence-electron chi connectivity index (χ2n) is 31.3. The lowest BCUT2D eigenvalue weighted by molar-refractivity contribution is 0.668. The summed E-state index contributed by atoms with van der Waals surface area (Å²) >= 11 is 0. The highest BCUT2D eigenvalue weighted by Gasteiger charge is 2.47. The maximum absolute atomic E-state index is 10.1. The predicted octanol–water partition coefficient (Wildman–Crippen LogP) is 29.3. The fourth-order valence-corrected chi connectivity index (χ4v) is 19.6. The minimum atomic E-state index is -0.924. The summed E-state index contributed by atoms with van der Waals surface area (Å²) in [5.74, 6) is 0. The van der Waals surface area contributed by atoms with Gasteiger partial charge in [-0.1, -0.05) is 291 Å². The molecule has 2 aliphatic heterocycles. The maximum Gasteiger partial charge on any atom is 0.252 e. The van der Waals surface area contributed by atoms with Crippen LogP contribution in [0, 0.1) is 0 Å². The number of fused-ring (bicyclic) bond motifs is 19. The number of aromatic nitrogens is 2. The molecule has 566 valence electrons. The number of furan rings is 3. The van der Waals surface area contributed by atoms with Crippen LogP contribution in [0.1, 0.15) is 21.9 Å². The number of para-hydroxylation sites is 7. The van der Waals surface area contributed by atoms with E-state index in [9.17, 15) is 21.9 Å². The van der Waals surface area contributed by atoms with Crippen LogP contribution in [0.25, 0.3) is 199 Å². The van der Waals surface area contributed by atoms with Crippen molar-refractivity contribution >= 4 is 167 Å². The van der Waals surface area contributed by atoms with E-state index in [-0.39, 0.29) is 55.0 Å². The molecule has 5 aromatic heterocycles. The average Bonchev–Trinajstić information content (AvgIpc) is 0.999. The molecule has 0 atom stereocenters. The van der Waals surface area contributed by atoms with Gasteiger partial charge in [-0.3, -0.25) is 0 Å². The lowest BCUT2D eigenvalue weighted by Gasteiger charge is -2.46. The van der Waals surface area contributed by atoms with Crippen LogP contribution in [0.4, 0.5) is 34.1 Å². The van der Waals surface area contributed by atoms with Gasteiger partial charge in [0.2, 0.25) is 0 Å². The zero-order chi connectivity index (χ0) is 93.7. The number of rotatable bonds is 11. The molecule has 7 nitrogen and oxygen atoms in total. The third-order valence-electron chi connectivity index (χ3n) is 24.8. The van der Waals surface area contributed by atoms with Crippen molar-refractivity contribution in [2.45, 2.75) is 0 Å². The first-order valence-electron chi connectivity index (χ1n) is 48.6. The molecule has 19 aromatic carbocycles. The second kappa shape index (κ2) is 26.7. The Kier molecular flexibility index (Phi) is 11.8. The Bertz CT molecular complexity index is 8900. The van der Waals surface area contributed by atoms with Gasteiger partial charge in [0.25, 0.3) is 6.71 Å². The van der Waals surface area contributed by atoms with Crippen molar-refractivity contribution in [1.29, 1.82) is 0 Å². The van der Waals surface area contributed by atoms with Crippen molar-refractivity contribution in [3.05, 3.63) is 418 Å². The van der Waals surface area contributed by atoms with Crippen molar-refractivity contribution in [2.24, 2.45) is 0 Å². The van der Waals surface area contributed by atoms with Crippen LogP contribution in [0.5, 0.6) is 0 Å². The maximum atomic E-state index is 10.1. The topological polar surface area (TPSA) is 55.8 Å². The van der Waals surface area contributed by atoms with E-state index >= 15 is 0 Å². The van der Waals surface area contributed by atoms with Gasteiger partial charge in [-0.2, -0.15) is 0 Å². The monoisotopic (exact) mass is 1570 g/mol. The van der Waals surface area contributed by atoms with E-state index in [4.69, 9.17) is 13.3 Å². The Labute approximate surface area is 724 Å². The van der Waals surface area contributed by atoms with Gasteiger partial charge in [-0.05, 0) is 199 Å². The van der Waals surface area contributed by atoms with Crippen LogP contribution in [0.15, 0.2) is 431 Å². The minimum Gasteiger partial charge on any atom is -0.456 e. The summed E-state index contributed by atoms with van der Waals surface area (Å²) in [5.41, 5.74) is 20.7. The molecule has 24 aromatic rings. The Balaban J connectivity index is 0.901. The lowest BCUT2D eigenvalue weighted by atomic mass is 9.33. The molecule has 0 saturated carbocycles. The average molecular weight is 1570 g/mol. The molecule has 0 bridgehead atoms. The number of hydrogen-bond acceptors (Lipinski definition) is 5. The highest BCUT2D eigenvalue weighted by atomic mass is 16.3. The van der Waals surface area contributed by atoms with Gasteiger partial charge in [0.05, 0.1) is 55.4 Å². The molecule has 0 amide bonds. The smallest absolute Gasteiger partial charge is 0.252 e. The SMILES string of the molecule is [2H]c1c([2H])c([2H])c2c(c1[2H])c1c([2H])c([2H])c([2H])c([2H])c1n2-c1ccc2c(c1)N(c1c(-c3ccccc3)cc(-c3ccccc3)cc1-c1cccc3oc4ccccc4c13)c1cc(-c3ccc4oc5ccccc5c4c3)cc3c1B2c1ccc(-n2c4c([2H])c([2H])c([2H])c([2H])c4c4c([2H])c([2H])c([2H])c([2H])c42)cc1N3c1c(-c2ccccc2)cc(-c2ccccc2)cc1-c1cccc2oc3ccccc3c12. The summed E-state index contributed by atoms with van der Waals surface area (Å²) in [6.07, 6.45) is 0. The van der Waals surface area contributed by atoms with Gasteiger partial charge >= 0.3 is 0 Å². The number of benzene rings is 19. The Morgan fingerprint density at radius 3 is 1.02 bits per heavy atom. The van der Waals surface area contributed by atoms with Gasteiger partial charge in [-0.25, -0.2) is 0 Å². The summed E-state index contributed by atoms with van der Waals surface area (Å²) in [6, 6.07) is 99.6. The lowest BCUT2D eigenvalue weighted by Crippen LogP contribution is -2.61. The van der Waals surface area contributed by atoms with E-state index in [1.807, 2.05) is 200 Å². The summed E-state index contributed by atoms with van der Waals surface area (Å²) < 4.78 is 179. The molecule has 122 heavy (non-hydrogen) atoms. The first-order chi connectivity index (χ1) is 67.2. The molecule has 26 rings (SSSR count). The standard InChI is InChI=1S/C114H69BN4O3/c1-5-29-70(30-6-1)75-62-89(72-33-9-3-10-34-72)113(92(64-75)85-44-27-53-108-110(85)87-42-18-25-51-105(87)121-108)118-100-68-78(116-96-46-20-13-37-80(96)81-38-14-21-47-97(81)116)56-58-94(100)115-95-59-57-79(117-98-48-22-15-39-82(98)83-40-16-23-49-99(83)117)69-101(95)119(103-67-77(66-102(118)112(103)115)74-55-60-107-91(61-74)84-41-17-24-50-104(84)120-107)114-90(73-35-11-4-12-36-73)63-76(71-31-7-2-8-32-71)65-93(114)86-45-28-54-109-111(86)88-43-19-26-52-106(88)122-109/h1-69H/i13D,14D,15D,16D,20D,21D,22D,23D,37D,38D,39D,40D,46D,47D,48D,49D. The van der Waals surface area contributed by atoms with Gasteiger partial charge in [0, 0.05) is 110 Å². The van der Waals surface area contributed by atoms with E-state index in [0.29, 0.717) is 84.1 Å². The van der Waals surface area contributed by atoms with Gasteiger partial charge in [-0.15, -0.1) is 0 Å². The van der Waals surface area contributed by atoms with Crippen molar-refractivity contribution in [3.63, 3.8) is 0 Å². The highest BCUT2D eigenvalue weighted by molar-refractivity contribution is 7.00. The minimum absolute atomic E-state index is 0.0952. The molecular weight excluding hydrogens is 1480 g/mol. The molecule has 7 heterocycles. The third-order valence-corrected chi connectivity index (χ3v) is 24.8. The number of anilines is 6. The molecule has 0 aliphatic carbocycles. The van der Waals surface area contributed by atoms with Gasteiger partial charge in [0.15, 0.2) is 0 Å². The molecular formula is C114H69BN4O3. The van der Waals surface area contributed by atoms with Crippen LogP contribution in [0.3, 0.4) is 0 Å². The van der Waals surface area contributed by atoms with Gasteiger partial charge < -0.3 is 32.2 Å². The molecule has 0 unspecified atom stereocenters. The molecule has 8 heteroatoms. The zero-order valence-electron chi connectivity index (χ0n) is 80.7. The predicted molar refractivity (Wildman–Crippen MR) is 509 cm³/mol. The molecule has 0 spiro atoms. The molecule has 0 saturated heterocycles. The molecule has 2 aliphatic rings. The zero-order valence-corrected chi connectivity index (χ0v) is 64.7. The number of nitrogens with zero attached hydrogens (tertiary/aromatic N) is 4. The van der Waals surface area contributed by atoms with Gasteiger partial charge in [0.1, 0.15) is 33.5 Å². The normalized spacial score (nSPS) is 14.4. The number of hydrogen-bond donors (Lipinski definition) is 0. The van der Waals surface area contributed by atoms with Crippen molar-refractivity contribution in [3.8, 4) is 89.3 Å². The van der Waals surface area contributed by atoms with E-state index in [1.165, 1.54) is 0 Å². The van der Waals surface area contributed by atoms with E-state index in [2.05, 4.69) is 131 Å². The largest absolute Gasteiger partial charge is 0.456 e. The second-order valence-corrected chi connectivity index (χ2v) is 31.3. The summed E-state index contributed by atoms with van der Waals surface area (Å²) in [5, 5.41) is 4.58. The van der Waals surface area contributed by atoms with Crippen LogP contribution >= 0.6 is 0 Å². The fraction of sp³-hybridized carbons (Fsp3) is 0. The first kappa shape index (κ1) is 54.0. The van der Waals surface area contributed by atoms with Crippen molar-refractivity contribution < 1.29 is 35.2 Å². The summed E-state index contributed by atoms with van der Waals surface area (Å²) in [4.78, 5) is 4.64. The molecule has 0 radical (unpaired) electrons. The fourth-order valence-electron chi connectivity index (χ4n) is 19.6. The van der Waals surface area contributed by atoms with E-state index < -0.39 is 103 Å². The Morgan fingerprint density at radius 1 is 0.221 bits per heavy atom. The van der Waals surface area contributed by atoms with Crippen LogP contribution in [-0.2, 0) is 0 Å². The van der Waals surface area contributed by atoms with E-state index in [1.54, 1.807) is 9.13 Å². The van der Waals surface area contributed by atoms with Crippen LogP contribution in [-0.4, -0.2) is 15.8 Å². The van der Waals surface area contributed by atoms with Crippen LogP contribution < -0.4 is 26.2 Å².